The maximum absolute atomic E-state index is 2.51. The fourth-order valence-electron chi connectivity index (χ4n) is 9.45. The van der Waals surface area contributed by atoms with E-state index in [1.165, 1.54) is 76.4 Å². The van der Waals surface area contributed by atoms with Crippen LogP contribution in [0.3, 0.4) is 0 Å². The van der Waals surface area contributed by atoms with Crippen molar-refractivity contribution in [2.24, 2.45) is 0 Å². The van der Waals surface area contributed by atoms with Crippen LogP contribution in [0.5, 0.6) is 0 Å². The van der Waals surface area contributed by atoms with Gasteiger partial charge in [-0.1, -0.05) is 141 Å². The zero-order valence-electron chi connectivity index (χ0n) is 29.7. The lowest BCUT2D eigenvalue weighted by Crippen LogP contribution is -2.24. The number of fused-ring (bicyclic) bond motifs is 1. The lowest BCUT2D eigenvalue weighted by molar-refractivity contribution is 0.652. The van der Waals surface area contributed by atoms with Crippen LogP contribution >= 0.6 is 0 Å². The molecule has 0 radical (unpaired) electrons. The Morgan fingerprint density at radius 3 is 1.26 bits per heavy atom. The van der Waals surface area contributed by atoms with Gasteiger partial charge in [-0.15, -0.1) is 0 Å². The van der Waals surface area contributed by atoms with Gasteiger partial charge >= 0.3 is 0 Å². The van der Waals surface area contributed by atoms with Gasteiger partial charge in [0.15, 0.2) is 0 Å². The van der Waals surface area contributed by atoms with Crippen molar-refractivity contribution >= 4 is 88.0 Å². The molecule has 0 bridgehead atoms. The van der Waals surface area contributed by atoms with E-state index in [9.17, 15) is 0 Å². The van der Waals surface area contributed by atoms with Crippen molar-refractivity contribution < 1.29 is 0 Å². The summed E-state index contributed by atoms with van der Waals surface area (Å²) in [5.74, 6) is 0. The molecule has 10 aromatic rings. The molecule has 0 saturated carbocycles. The largest absolute Gasteiger partial charge is 0.310 e. The number of hydrogen-bond donors (Lipinski definition) is 0. The van der Waals surface area contributed by atoms with E-state index >= 15 is 0 Å². The Labute approximate surface area is 309 Å². The topological polar surface area (TPSA) is 6.48 Å². The van der Waals surface area contributed by atoms with E-state index in [0.29, 0.717) is 0 Å². The molecule has 0 aliphatic heterocycles. The Hall–Kier alpha value is -6.64. The van der Waals surface area contributed by atoms with E-state index in [2.05, 4.69) is 206 Å². The van der Waals surface area contributed by atoms with Gasteiger partial charge in [-0.05, 0) is 98.0 Å². The first-order valence-electron chi connectivity index (χ1n) is 18.5. The van der Waals surface area contributed by atoms with Crippen LogP contribution < -0.4 is 9.80 Å². The first-order valence-corrected chi connectivity index (χ1v) is 18.5. The lowest BCUT2D eigenvalue weighted by Gasteiger charge is -2.38. The lowest BCUT2D eigenvalue weighted by atomic mass is 9.67. The Balaban J connectivity index is 1.35. The Morgan fingerprint density at radius 1 is 0.321 bits per heavy atom. The van der Waals surface area contributed by atoms with E-state index in [0.717, 1.165) is 22.7 Å². The molecule has 0 atom stereocenters. The summed E-state index contributed by atoms with van der Waals surface area (Å²) in [6, 6.07) is 66.8. The molecule has 0 aromatic heterocycles. The van der Waals surface area contributed by atoms with Crippen molar-refractivity contribution in [3.8, 4) is 0 Å². The number of nitrogens with zero attached hydrogens (tertiary/aromatic N) is 2. The molecule has 11 rings (SSSR count). The Morgan fingerprint density at radius 2 is 0.736 bits per heavy atom. The minimum atomic E-state index is -0.279. The van der Waals surface area contributed by atoms with Gasteiger partial charge in [0.05, 0.1) is 11.4 Å². The van der Waals surface area contributed by atoms with E-state index in [1.807, 2.05) is 0 Å². The van der Waals surface area contributed by atoms with Crippen molar-refractivity contribution in [2.45, 2.75) is 19.3 Å². The summed E-state index contributed by atoms with van der Waals surface area (Å²) in [6.07, 6.45) is 0. The summed E-state index contributed by atoms with van der Waals surface area (Å²) >= 11 is 0. The minimum absolute atomic E-state index is 0.279. The smallest absolute Gasteiger partial charge is 0.0619 e. The molecule has 0 fully saturated rings. The second kappa shape index (κ2) is 11.2. The predicted octanol–water partition coefficient (Wildman–Crippen LogP) is 14.5. The third-order valence-corrected chi connectivity index (χ3v) is 11.7. The molecule has 2 nitrogen and oxygen atoms in total. The molecule has 0 N–H and O–H groups in total. The molecule has 0 saturated heterocycles. The SMILES string of the molecule is CC1(C)c2cccc3c(N(c4ccccc4)c4ccccc4)c4cccc5c6cccc7c(N(c8ccccc8)c8ccccc8)cc1c(c76)c(c23)c45. The van der Waals surface area contributed by atoms with E-state index in [1.54, 1.807) is 0 Å². The van der Waals surface area contributed by atoms with Crippen molar-refractivity contribution in [1.82, 2.24) is 0 Å². The van der Waals surface area contributed by atoms with Crippen molar-refractivity contribution in [3.05, 3.63) is 193 Å². The summed E-state index contributed by atoms with van der Waals surface area (Å²) < 4.78 is 0. The van der Waals surface area contributed by atoms with Crippen molar-refractivity contribution in [2.75, 3.05) is 9.80 Å². The first-order chi connectivity index (χ1) is 26.1. The normalized spacial score (nSPS) is 13.2. The van der Waals surface area contributed by atoms with Crippen molar-refractivity contribution in [1.29, 1.82) is 0 Å². The second-order valence-electron chi connectivity index (χ2n) is 14.9. The molecule has 250 valence electrons. The van der Waals surface area contributed by atoms with E-state index in [4.69, 9.17) is 0 Å². The summed E-state index contributed by atoms with van der Waals surface area (Å²) in [4.78, 5) is 4.92. The highest BCUT2D eigenvalue weighted by atomic mass is 15.2. The van der Waals surface area contributed by atoms with Crippen molar-refractivity contribution in [3.63, 3.8) is 0 Å². The van der Waals surface area contributed by atoms with Gasteiger partial charge in [-0.25, -0.2) is 0 Å². The predicted molar refractivity (Wildman–Crippen MR) is 227 cm³/mol. The number of anilines is 6. The quantitative estimate of drug-likeness (QED) is 0.128. The van der Waals surface area contributed by atoms with Crippen LogP contribution in [0.15, 0.2) is 182 Å². The van der Waals surface area contributed by atoms with Crippen LogP contribution in [-0.4, -0.2) is 0 Å². The van der Waals surface area contributed by atoms with Gasteiger partial charge in [0, 0.05) is 49.7 Å². The maximum Gasteiger partial charge on any atom is 0.0619 e. The summed E-state index contributed by atoms with van der Waals surface area (Å²) in [5.41, 5.74) is 9.47. The first kappa shape index (κ1) is 30.0. The van der Waals surface area contributed by atoms with Gasteiger partial charge in [0.1, 0.15) is 0 Å². The minimum Gasteiger partial charge on any atom is -0.310 e. The van der Waals surface area contributed by atoms with E-state index < -0.39 is 0 Å². The number of para-hydroxylation sites is 4. The highest BCUT2D eigenvalue weighted by molar-refractivity contribution is 6.43. The average Bonchev–Trinajstić information content (AvgIpc) is 3.21. The van der Waals surface area contributed by atoms with Gasteiger partial charge in [0.2, 0.25) is 0 Å². The van der Waals surface area contributed by atoms with Crippen LogP contribution in [0.25, 0.3) is 53.9 Å². The zero-order chi connectivity index (χ0) is 35.3. The zero-order valence-corrected chi connectivity index (χ0v) is 29.7. The molecule has 1 aliphatic rings. The molecular weight excluding hydrogens is 641 g/mol. The summed E-state index contributed by atoms with van der Waals surface area (Å²) in [7, 11) is 0. The Kier molecular flexibility index (Phi) is 6.33. The maximum atomic E-state index is 2.51. The van der Waals surface area contributed by atoms with Crippen LogP contribution in [0, 0.1) is 0 Å². The van der Waals surface area contributed by atoms with Crippen LogP contribution in [0.1, 0.15) is 25.0 Å². The molecule has 10 aromatic carbocycles. The Bertz CT molecular complexity index is 2930. The fraction of sp³-hybridized carbons (Fsp3) is 0.0588. The number of rotatable bonds is 6. The number of hydrogen-bond acceptors (Lipinski definition) is 2. The molecule has 0 unspecified atom stereocenters. The third-order valence-electron chi connectivity index (χ3n) is 11.7. The molecule has 0 spiro atoms. The van der Waals surface area contributed by atoms with Crippen LogP contribution in [0.2, 0.25) is 0 Å². The molecule has 1 aliphatic carbocycles. The monoisotopic (exact) mass is 676 g/mol. The molecule has 2 heteroatoms. The average molecular weight is 677 g/mol. The van der Waals surface area contributed by atoms with Gasteiger partial charge in [0.25, 0.3) is 0 Å². The molecule has 0 amide bonds. The van der Waals surface area contributed by atoms with Crippen LogP contribution in [-0.2, 0) is 5.41 Å². The standard InChI is InChI=1S/C51H36N2/c1-51(2)42-31-17-30-41-47(42)49-46-38(27-16-29-40(46)50(41)53(35-22-11-5-12-23-35)36-24-13-6-14-25-36)37-26-15-28-39-44(32-43(51)48(49)45(37)39)52(33-18-7-3-8-19-33)34-20-9-4-10-21-34/h3-32H,1-2H3. The van der Waals surface area contributed by atoms with Gasteiger partial charge in [-0.2, -0.15) is 0 Å². The highest BCUT2D eigenvalue weighted by Gasteiger charge is 2.37. The third kappa shape index (κ3) is 4.15. The molecular formula is C51H36N2. The van der Waals surface area contributed by atoms with E-state index in [-0.39, 0.29) is 5.41 Å². The van der Waals surface area contributed by atoms with Gasteiger partial charge < -0.3 is 9.80 Å². The van der Waals surface area contributed by atoms with Crippen LogP contribution in [0.4, 0.5) is 34.1 Å². The molecule has 0 heterocycles. The summed E-state index contributed by atoms with van der Waals surface area (Å²) in [6.45, 7) is 4.86. The highest BCUT2D eigenvalue weighted by Crippen LogP contribution is 2.58. The summed E-state index contributed by atoms with van der Waals surface area (Å²) in [5, 5.41) is 13.2. The fourth-order valence-corrected chi connectivity index (χ4v) is 9.45. The van der Waals surface area contributed by atoms with Gasteiger partial charge in [-0.3, -0.25) is 0 Å². The second-order valence-corrected chi connectivity index (χ2v) is 14.9. The molecule has 53 heavy (non-hydrogen) atoms. The number of benzene rings is 10.